The van der Waals surface area contributed by atoms with Crippen molar-refractivity contribution in [1.82, 2.24) is 0 Å². The number of hydrogen-bond acceptors (Lipinski definition) is 5. The molecule has 0 saturated carbocycles. The zero-order chi connectivity index (χ0) is 20.0. The van der Waals surface area contributed by atoms with E-state index in [-0.39, 0.29) is 22.7 Å². The predicted molar refractivity (Wildman–Crippen MR) is 105 cm³/mol. The summed E-state index contributed by atoms with van der Waals surface area (Å²) in [4.78, 5) is 36.6. The maximum Gasteiger partial charge on any atom is 0.291 e. The lowest BCUT2D eigenvalue weighted by Crippen LogP contribution is -2.34. The number of hydrogen-bond donors (Lipinski definition) is 2. The number of ether oxygens (including phenoxy) is 1. The Balaban J connectivity index is 1.64. The van der Waals surface area contributed by atoms with Gasteiger partial charge in [-0.3, -0.25) is 14.4 Å². The number of fused-ring (bicyclic) bond motifs is 2. The number of rotatable bonds is 2. The van der Waals surface area contributed by atoms with Gasteiger partial charge >= 0.3 is 0 Å². The standard InChI is InChI=1S/C20H15ClN2O5/c1-9-5-17-12(7-13(9)21)15(24)8-18(28-17)20(26)22-11-3-4-16-14(6-11)23-19(25)10(2)27-16/h3-8,10H,1-2H3,(H,22,26)(H,23,25). The van der Waals surface area contributed by atoms with Crippen LogP contribution in [-0.4, -0.2) is 17.9 Å². The fourth-order valence-electron chi connectivity index (χ4n) is 2.87. The lowest BCUT2D eigenvalue weighted by atomic mass is 10.1. The second-order valence-electron chi connectivity index (χ2n) is 6.49. The molecule has 1 aromatic heterocycles. The maximum atomic E-state index is 12.6. The number of carbonyl (C=O) groups excluding carboxylic acids is 2. The Bertz CT molecular complexity index is 1200. The van der Waals surface area contributed by atoms with Crippen LogP contribution in [0.1, 0.15) is 23.0 Å². The summed E-state index contributed by atoms with van der Waals surface area (Å²) in [5.41, 5.74) is 1.51. The Morgan fingerprint density at radius 2 is 1.96 bits per heavy atom. The van der Waals surface area contributed by atoms with Crippen LogP contribution < -0.4 is 20.8 Å². The summed E-state index contributed by atoms with van der Waals surface area (Å²) in [6.45, 7) is 3.42. The highest BCUT2D eigenvalue weighted by Gasteiger charge is 2.24. The molecular weight excluding hydrogens is 384 g/mol. The van der Waals surface area contributed by atoms with Crippen molar-refractivity contribution in [3.8, 4) is 5.75 Å². The highest BCUT2D eigenvalue weighted by atomic mass is 35.5. The zero-order valence-corrected chi connectivity index (χ0v) is 15.7. The molecule has 2 N–H and O–H groups in total. The maximum absolute atomic E-state index is 12.6. The lowest BCUT2D eigenvalue weighted by Gasteiger charge is -2.23. The summed E-state index contributed by atoms with van der Waals surface area (Å²) in [6, 6.07) is 9.09. The Morgan fingerprint density at radius 1 is 1.18 bits per heavy atom. The summed E-state index contributed by atoms with van der Waals surface area (Å²) < 4.78 is 11.1. The highest BCUT2D eigenvalue weighted by molar-refractivity contribution is 6.32. The van der Waals surface area contributed by atoms with Crippen molar-refractivity contribution >= 4 is 45.8 Å². The minimum atomic E-state index is -0.594. The van der Waals surface area contributed by atoms with Gasteiger partial charge in [-0.05, 0) is 49.7 Å². The first-order chi connectivity index (χ1) is 13.3. The molecule has 1 atom stereocenters. The number of nitrogens with one attached hydrogen (secondary N) is 2. The number of aryl methyl sites for hydroxylation is 1. The van der Waals surface area contributed by atoms with E-state index in [1.165, 1.54) is 6.07 Å². The quantitative estimate of drug-likeness (QED) is 0.685. The van der Waals surface area contributed by atoms with Crippen LogP contribution >= 0.6 is 11.6 Å². The van der Waals surface area contributed by atoms with E-state index < -0.39 is 12.0 Å². The van der Waals surface area contributed by atoms with Gasteiger partial charge in [-0.15, -0.1) is 0 Å². The Hall–Kier alpha value is -3.32. The number of anilines is 2. The van der Waals surface area contributed by atoms with Crippen molar-refractivity contribution in [3.05, 3.63) is 63.0 Å². The summed E-state index contributed by atoms with van der Waals surface area (Å²) in [6.07, 6.45) is -0.586. The molecule has 1 aliphatic heterocycles. The summed E-state index contributed by atoms with van der Waals surface area (Å²) in [7, 11) is 0. The average molecular weight is 399 g/mol. The first-order valence-electron chi connectivity index (χ1n) is 8.49. The van der Waals surface area contributed by atoms with Crippen molar-refractivity contribution < 1.29 is 18.7 Å². The van der Waals surface area contributed by atoms with Crippen LogP contribution in [0.2, 0.25) is 5.02 Å². The van der Waals surface area contributed by atoms with Gasteiger partial charge in [-0.1, -0.05) is 11.6 Å². The van der Waals surface area contributed by atoms with Gasteiger partial charge in [0.25, 0.3) is 11.8 Å². The van der Waals surface area contributed by atoms with E-state index in [2.05, 4.69) is 10.6 Å². The fourth-order valence-corrected chi connectivity index (χ4v) is 3.03. The molecule has 2 amide bonds. The Labute approximate surface area is 164 Å². The molecule has 28 heavy (non-hydrogen) atoms. The van der Waals surface area contributed by atoms with Gasteiger partial charge in [-0.2, -0.15) is 0 Å². The third-order valence-corrected chi connectivity index (χ3v) is 4.81. The molecule has 1 aliphatic rings. The molecule has 0 radical (unpaired) electrons. The van der Waals surface area contributed by atoms with Crippen LogP contribution in [0.15, 0.2) is 45.6 Å². The van der Waals surface area contributed by atoms with Crippen molar-refractivity contribution in [3.63, 3.8) is 0 Å². The first-order valence-corrected chi connectivity index (χ1v) is 8.86. The van der Waals surface area contributed by atoms with Gasteiger partial charge in [0.15, 0.2) is 17.3 Å². The lowest BCUT2D eigenvalue weighted by molar-refractivity contribution is -0.122. The van der Waals surface area contributed by atoms with Crippen LogP contribution in [0.5, 0.6) is 5.75 Å². The third kappa shape index (κ3) is 3.20. The molecule has 4 rings (SSSR count). The zero-order valence-electron chi connectivity index (χ0n) is 15.0. The fraction of sp³-hybridized carbons (Fsp3) is 0.150. The van der Waals surface area contributed by atoms with Crippen LogP contribution in [0, 0.1) is 6.92 Å². The topological polar surface area (TPSA) is 97.6 Å². The first kappa shape index (κ1) is 18.1. The van der Waals surface area contributed by atoms with E-state index in [9.17, 15) is 14.4 Å². The number of amides is 2. The molecule has 2 aromatic carbocycles. The monoisotopic (exact) mass is 398 g/mol. The number of halogens is 1. The van der Waals surface area contributed by atoms with Gasteiger partial charge in [-0.25, -0.2) is 0 Å². The number of carbonyl (C=O) groups is 2. The van der Waals surface area contributed by atoms with Crippen LogP contribution in [0.3, 0.4) is 0 Å². The summed E-state index contributed by atoms with van der Waals surface area (Å²) in [5, 5.41) is 6.10. The predicted octanol–water partition coefficient (Wildman–Crippen LogP) is 3.73. The summed E-state index contributed by atoms with van der Waals surface area (Å²) >= 11 is 6.05. The molecule has 2 heterocycles. The largest absolute Gasteiger partial charge is 0.479 e. The van der Waals surface area contributed by atoms with Crippen molar-refractivity contribution in [2.45, 2.75) is 20.0 Å². The smallest absolute Gasteiger partial charge is 0.291 e. The molecular formula is C20H15ClN2O5. The van der Waals surface area contributed by atoms with Crippen LogP contribution in [0.4, 0.5) is 11.4 Å². The average Bonchev–Trinajstić information content (AvgIpc) is 2.64. The van der Waals surface area contributed by atoms with Crippen molar-refractivity contribution in [1.29, 1.82) is 0 Å². The van der Waals surface area contributed by atoms with Gasteiger partial charge < -0.3 is 19.8 Å². The van der Waals surface area contributed by atoms with Crippen molar-refractivity contribution in [2.24, 2.45) is 0 Å². The van der Waals surface area contributed by atoms with Crippen molar-refractivity contribution in [2.75, 3.05) is 10.6 Å². The van der Waals surface area contributed by atoms with E-state index in [0.29, 0.717) is 27.5 Å². The van der Waals surface area contributed by atoms with E-state index in [1.807, 2.05) is 0 Å². The molecule has 0 saturated heterocycles. The van der Waals surface area contributed by atoms with Gasteiger partial charge in [0, 0.05) is 16.8 Å². The van der Waals surface area contributed by atoms with E-state index in [0.717, 1.165) is 11.6 Å². The minimum Gasteiger partial charge on any atom is -0.479 e. The Kier molecular flexibility index (Phi) is 4.31. The second kappa shape index (κ2) is 6.69. The minimum absolute atomic E-state index is 0.133. The SMILES string of the molecule is Cc1cc2oc(C(=O)Nc3ccc4c(c3)NC(=O)C(C)O4)cc(=O)c2cc1Cl. The molecule has 0 fully saturated rings. The van der Waals surface area contributed by atoms with E-state index in [4.69, 9.17) is 20.8 Å². The van der Waals surface area contributed by atoms with E-state index >= 15 is 0 Å². The molecule has 142 valence electrons. The molecule has 0 spiro atoms. The van der Waals surface area contributed by atoms with E-state index in [1.54, 1.807) is 38.1 Å². The molecule has 7 nitrogen and oxygen atoms in total. The molecule has 0 bridgehead atoms. The van der Waals surface area contributed by atoms with Crippen LogP contribution in [-0.2, 0) is 4.79 Å². The molecule has 3 aromatic rings. The molecule has 8 heteroatoms. The molecule has 1 unspecified atom stereocenters. The summed E-state index contributed by atoms with van der Waals surface area (Å²) in [5.74, 6) is -0.492. The van der Waals surface area contributed by atoms with Gasteiger partial charge in [0.05, 0.1) is 11.1 Å². The van der Waals surface area contributed by atoms with Gasteiger partial charge in [0.1, 0.15) is 11.3 Å². The highest BCUT2D eigenvalue weighted by Crippen LogP contribution is 2.32. The third-order valence-electron chi connectivity index (χ3n) is 4.40. The number of benzene rings is 2. The van der Waals surface area contributed by atoms with Crippen LogP contribution in [0.25, 0.3) is 11.0 Å². The molecule has 0 aliphatic carbocycles. The van der Waals surface area contributed by atoms with Gasteiger partial charge in [0.2, 0.25) is 0 Å². The second-order valence-corrected chi connectivity index (χ2v) is 6.89. The Morgan fingerprint density at radius 3 is 2.75 bits per heavy atom. The normalized spacial score (nSPS) is 15.5.